The summed E-state index contributed by atoms with van der Waals surface area (Å²) in [6.45, 7) is 1.88. The Bertz CT molecular complexity index is 722. The van der Waals surface area contributed by atoms with E-state index >= 15 is 0 Å². The lowest BCUT2D eigenvalue weighted by molar-refractivity contribution is -0.115. The summed E-state index contributed by atoms with van der Waals surface area (Å²) >= 11 is 1.66. The van der Waals surface area contributed by atoms with Crippen LogP contribution >= 0.6 is 11.8 Å². The number of benzene rings is 2. The van der Waals surface area contributed by atoms with Crippen molar-refractivity contribution in [1.29, 1.82) is 0 Å². The quantitative estimate of drug-likeness (QED) is 0.305. The zero-order valence-electron chi connectivity index (χ0n) is 16.8. The number of hydrogen-bond acceptors (Lipinski definition) is 4. The highest BCUT2D eigenvalue weighted by Crippen LogP contribution is 2.34. The fraction of sp³-hybridized carbons (Fsp3) is 0.333. The molecule has 0 fully saturated rings. The Balaban J connectivity index is 2.11. The summed E-state index contributed by atoms with van der Waals surface area (Å²) in [5.74, 6) is 0. The van der Waals surface area contributed by atoms with Crippen molar-refractivity contribution in [3.05, 3.63) is 84.5 Å². The first-order valence-electron chi connectivity index (χ1n) is 9.45. The van der Waals surface area contributed by atoms with Gasteiger partial charge in [-0.3, -0.25) is 0 Å². The van der Waals surface area contributed by atoms with Gasteiger partial charge in [0.15, 0.2) is 6.29 Å². The minimum atomic E-state index is -0.910. The second kappa shape index (κ2) is 11.9. The van der Waals surface area contributed by atoms with Gasteiger partial charge in [-0.2, -0.15) is 0 Å². The highest BCUT2D eigenvalue weighted by atomic mass is 32.2. The Kier molecular flexibility index (Phi) is 9.51. The van der Waals surface area contributed by atoms with Crippen molar-refractivity contribution in [3.63, 3.8) is 0 Å². The predicted octanol–water partition coefficient (Wildman–Crippen LogP) is 5.57. The van der Waals surface area contributed by atoms with Gasteiger partial charge >= 0.3 is 0 Å². The maximum Gasteiger partial charge on any atom is 0.156 e. The van der Waals surface area contributed by atoms with Gasteiger partial charge in [0, 0.05) is 25.5 Å². The number of allylic oxidation sites excluding steroid dienone is 2. The molecule has 28 heavy (non-hydrogen) atoms. The second-order valence-electron chi connectivity index (χ2n) is 6.80. The molecule has 0 saturated carbocycles. The van der Waals surface area contributed by atoms with Crippen LogP contribution in [0.4, 0.5) is 0 Å². The van der Waals surface area contributed by atoms with Crippen molar-refractivity contribution in [1.82, 2.24) is 0 Å². The maximum atomic E-state index is 11.2. The first-order chi connectivity index (χ1) is 13.5. The molecule has 0 amide bonds. The first-order valence-corrected chi connectivity index (χ1v) is 10.3. The zero-order chi connectivity index (χ0) is 20.2. The number of thioether (sulfide) groups is 1. The van der Waals surface area contributed by atoms with Crippen molar-refractivity contribution in [2.24, 2.45) is 0 Å². The minimum Gasteiger partial charge on any atom is -0.389 e. The molecular weight excluding hydrogens is 368 g/mol. The van der Waals surface area contributed by atoms with Gasteiger partial charge < -0.3 is 14.6 Å². The van der Waals surface area contributed by atoms with Crippen molar-refractivity contribution in [3.8, 4) is 0 Å². The van der Waals surface area contributed by atoms with E-state index in [0.717, 1.165) is 10.5 Å². The average Bonchev–Trinajstić information content (AvgIpc) is 2.72. The van der Waals surface area contributed by atoms with Crippen molar-refractivity contribution < 1.29 is 14.6 Å². The molecule has 0 aliphatic rings. The lowest BCUT2D eigenvalue weighted by Crippen LogP contribution is -2.37. The smallest absolute Gasteiger partial charge is 0.156 e. The van der Waals surface area contributed by atoms with Crippen LogP contribution in [0.15, 0.2) is 83.8 Å². The normalized spacial score (nSPS) is 15.3. The van der Waals surface area contributed by atoms with Gasteiger partial charge in [0.2, 0.25) is 0 Å². The van der Waals surface area contributed by atoms with E-state index in [1.807, 2.05) is 55.5 Å². The van der Waals surface area contributed by atoms with Crippen LogP contribution in [-0.4, -0.2) is 36.5 Å². The minimum absolute atomic E-state index is 0.107. The van der Waals surface area contributed by atoms with E-state index in [-0.39, 0.29) is 11.5 Å². The summed E-state index contributed by atoms with van der Waals surface area (Å²) in [6, 6.07) is 20.3. The SMILES string of the molecule is COC(CCC(C)(O)C(/C=C\C=C\c1ccccc1)Sc1ccccc1)OC. The number of ether oxygens (including phenoxy) is 2. The molecule has 3 nitrogen and oxygen atoms in total. The molecule has 2 aromatic rings. The van der Waals surface area contributed by atoms with E-state index in [1.54, 1.807) is 26.0 Å². The first kappa shape index (κ1) is 22.4. The van der Waals surface area contributed by atoms with Gasteiger partial charge in [0.05, 0.1) is 10.9 Å². The monoisotopic (exact) mass is 398 g/mol. The van der Waals surface area contributed by atoms with E-state index in [9.17, 15) is 5.11 Å². The molecule has 0 heterocycles. The predicted molar refractivity (Wildman–Crippen MR) is 118 cm³/mol. The van der Waals surface area contributed by atoms with E-state index in [4.69, 9.17) is 9.47 Å². The molecule has 2 aromatic carbocycles. The highest BCUT2D eigenvalue weighted by molar-refractivity contribution is 8.00. The lowest BCUT2D eigenvalue weighted by atomic mass is 9.95. The third-order valence-electron chi connectivity index (χ3n) is 4.52. The molecule has 0 aromatic heterocycles. The summed E-state index contributed by atoms with van der Waals surface area (Å²) in [5, 5.41) is 11.1. The molecule has 150 valence electrons. The van der Waals surface area contributed by atoms with Gasteiger partial charge in [-0.05, 0) is 31.0 Å². The van der Waals surface area contributed by atoms with Crippen molar-refractivity contribution in [2.75, 3.05) is 14.2 Å². The van der Waals surface area contributed by atoms with Gasteiger partial charge in [-0.15, -0.1) is 11.8 Å². The van der Waals surface area contributed by atoms with Crippen LogP contribution in [0.1, 0.15) is 25.3 Å². The second-order valence-corrected chi connectivity index (χ2v) is 8.02. The molecule has 0 radical (unpaired) electrons. The van der Waals surface area contributed by atoms with Crippen LogP contribution in [0.25, 0.3) is 6.08 Å². The maximum absolute atomic E-state index is 11.2. The lowest BCUT2D eigenvalue weighted by Gasteiger charge is -2.31. The molecule has 1 N–H and O–H groups in total. The Morgan fingerprint density at radius 3 is 2.18 bits per heavy atom. The standard InChI is InChI=1S/C24H30O3S/c1-24(25,19-18-23(26-2)27-3)22(28-21-15-8-5-9-16-21)17-11-10-14-20-12-6-4-7-13-20/h4-17,22-23,25H,18-19H2,1-3H3/b14-10+,17-11-. The van der Waals surface area contributed by atoms with Crippen LogP contribution in [-0.2, 0) is 9.47 Å². The number of methoxy groups -OCH3 is 2. The summed E-state index contributed by atoms with van der Waals surface area (Å²) in [5.41, 5.74) is 0.238. The van der Waals surface area contributed by atoms with Gasteiger partial charge in [0.25, 0.3) is 0 Å². The molecule has 2 atom stereocenters. The summed E-state index contributed by atoms with van der Waals surface area (Å²) in [7, 11) is 3.24. The molecule has 0 bridgehead atoms. The molecule has 2 unspecified atom stereocenters. The topological polar surface area (TPSA) is 38.7 Å². The van der Waals surface area contributed by atoms with Gasteiger partial charge in [-0.25, -0.2) is 0 Å². The van der Waals surface area contributed by atoms with Crippen molar-refractivity contribution >= 4 is 17.8 Å². The molecule has 0 aliphatic heterocycles. The Labute approximate surface area is 173 Å². The Hall–Kier alpha value is -1.85. The number of rotatable bonds is 11. The molecular formula is C24H30O3S. The Morgan fingerprint density at radius 1 is 0.964 bits per heavy atom. The van der Waals surface area contributed by atoms with Gasteiger partial charge in [-0.1, -0.05) is 72.8 Å². The highest BCUT2D eigenvalue weighted by Gasteiger charge is 2.31. The van der Waals surface area contributed by atoms with Crippen molar-refractivity contribution in [2.45, 2.75) is 41.8 Å². The van der Waals surface area contributed by atoms with Gasteiger partial charge in [0.1, 0.15) is 0 Å². The summed E-state index contributed by atoms with van der Waals surface area (Å²) < 4.78 is 10.5. The number of hydrogen-bond donors (Lipinski definition) is 1. The van der Waals surface area contributed by atoms with Crippen LogP contribution < -0.4 is 0 Å². The third kappa shape index (κ3) is 7.64. The van der Waals surface area contributed by atoms with E-state index < -0.39 is 5.60 Å². The molecule has 2 rings (SSSR count). The van der Waals surface area contributed by atoms with E-state index in [0.29, 0.717) is 12.8 Å². The summed E-state index contributed by atoms with van der Waals surface area (Å²) in [6.07, 6.45) is 9.02. The molecule has 0 aliphatic carbocycles. The summed E-state index contributed by atoms with van der Waals surface area (Å²) in [4.78, 5) is 1.12. The third-order valence-corrected chi connectivity index (χ3v) is 5.98. The van der Waals surface area contributed by atoms with Crippen LogP contribution in [0.2, 0.25) is 0 Å². The van der Waals surface area contributed by atoms with E-state index in [1.165, 1.54) is 0 Å². The van der Waals surface area contributed by atoms with Crippen LogP contribution in [0, 0.1) is 0 Å². The number of aliphatic hydroxyl groups is 1. The van der Waals surface area contributed by atoms with Crippen LogP contribution in [0.3, 0.4) is 0 Å². The van der Waals surface area contributed by atoms with Crippen LogP contribution in [0.5, 0.6) is 0 Å². The fourth-order valence-corrected chi connectivity index (χ4v) is 3.95. The largest absolute Gasteiger partial charge is 0.389 e. The Morgan fingerprint density at radius 2 is 1.57 bits per heavy atom. The van der Waals surface area contributed by atoms with E-state index in [2.05, 4.69) is 36.4 Å². The fourth-order valence-electron chi connectivity index (χ4n) is 2.80. The molecule has 0 saturated heterocycles. The average molecular weight is 399 g/mol. The molecule has 4 heteroatoms. The molecule has 0 spiro atoms. The zero-order valence-corrected chi connectivity index (χ0v) is 17.6.